The zero-order chi connectivity index (χ0) is 15.4. The Balaban J connectivity index is 2.65. The van der Waals surface area contributed by atoms with E-state index in [2.05, 4.69) is 5.32 Å². The van der Waals surface area contributed by atoms with E-state index in [-0.39, 0.29) is 0 Å². The van der Waals surface area contributed by atoms with Crippen molar-refractivity contribution >= 4 is 12.0 Å². The van der Waals surface area contributed by atoms with Crippen molar-refractivity contribution in [2.75, 3.05) is 0 Å². The third-order valence-corrected chi connectivity index (χ3v) is 3.74. The van der Waals surface area contributed by atoms with Gasteiger partial charge in [0.15, 0.2) is 0 Å². The van der Waals surface area contributed by atoms with E-state index >= 15 is 0 Å². The summed E-state index contributed by atoms with van der Waals surface area (Å²) in [7, 11) is 0. The highest BCUT2D eigenvalue weighted by Gasteiger charge is 2.37. The number of hydrogen-bond acceptors (Lipinski definition) is 3. The van der Waals surface area contributed by atoms with E-state index in [0.717, 1.165) is 12.8 Å². The number of ether oxygens (including phenoxy) is 1. The molecule has 2 amide bonds. The fraction of sp³-hybridized carbons (Fsp3) is 0.867. The van der Waals surface area contributed by atoms with Crippen LogP contribution in [0.4, 0.5) is 4.79 Å². The number of carbonyl (C=O) groups is 2. The monoisotopic (exact) mass is 284 g/mol. The normalized spacial score (nSPS) is 20.0. The lowest BCUT2D eigenvalue weighted by atomic mass is 9.80. The van der Waals surface area contributed by atoms with Gasteiger partial charge < -0.3 is 15.8 Å². The van der Waals surface area contributed by atoms with Crippen LogP contribution in [0.1, 0.15) is 66.2 Å². The summed E-state index contributed by atoms with van der Waals surface area (Å²) in [4.78, 5) is 23.6. The number of nitrogens with two attached hydrogens (primary N) is 1. The molecule has 0 heterocycles. The maximum absolute atomic E-state index is 11.9. The minimum absolute atomic E-state index is 0.441. The predicted octanol–water partition coefficient (Wildman–Crippen LogP) is 2.73. The molecule has 1 atom stereocenters. The Labute approximate surface area is 121 Å². The van der Waals surface area contributed by atoms with Crippen molar-refractivity contribution in [3.05, 3.63) is 0 Å². The molecule has 1 saturated carbocycles. The van der Waals surface area contributed by atoms with E-state index in [0.29, 0.717) is 12.3 Å². The first-order chi connectivity index (χ1) is 9.12. The van der Waals surface area contributed by atoms with Crippen LogP contribution >= 0.6 is 0 Å². The molecule has 1 aliphatic carbocycles. The van der Waals surface area contributed by atoms with Gasteiger partial charge in [-0.25, -0.2) is 4.79 Å². The average Bonchev–Trinajstić information content (AvgIpc) is 2.26. The van der Waals surface area contributed by atoms with E-state index in [1.165, 1.54) is 19.3 Å². The van der Waals surface area contributed by atoms with Crippen LogP contribution in [0.25, 0.3) is 0 Å². The molecule has 0 bridgehead atoms. The minimum Gasteiger partial charge on any atom is -0.444 e. The number of hydrogen-bond donors (Lipinski definition) is 2. The Morgan fingerprint density at radius 1 is 1.15 bits per heavy atom. The van der Waals surface area contributed by atoms with E-state index in [1.807, 2.05) is 0 Å². The molecule has 0 aliphatic heterocycles. The molecule has 3 N–H and O–H groups in total. The Bertz CT molecular complexity index is 357. The van der Waals surface area contributed by atoms with Crippen molar-refractivity contribution in [1.29, 1.82) is 0 Å². The largest absolute Gasteiger partial charge is 0.444 e. The molecular weight excluding hydrogens is 256 g/mol. The third-order valence-electron chi connectivity index (χ3n) is 3.74. The van der Waals surface area contributed by atoms with Crippen LogP contribution in [0, 0.1) is 5.92 Å². The highest BCUT2D eigenvalue weighted by Crippen LogP contribution is 2.30. The molecule has 0 aromatic carbocycles. The second kappa shape index (κ2) is 6.46. The van der Waals surface area contributed by atoms with Crippen LogP contribution in [0.2, 0.25) is 0 Å². The number of amides is 2. The van der Waals surface area contributed by atoms with Crippen molar-refractivity contribution in [1.82, 2.24) is 5.32 Å². The van der Waals surface area contributed by atoms with Gasteiger partial charge in [-0.15, -0.1) is 0 Å². The lowest BCUT2D eigenvalue weighted by molar-refractivity contribution is -0.124. The summed E-state index contributed by atoms with van der Waals surface area (Å²) in [5.74, 6) is -0.0647. The second-order valence-corrected chi connectivity index (χ2v) is 7.03. The van der Waals surface area contributed by atoms with Crippen LogP contribution in [0.3, 0.4) is 0 Å². The maximum atomic E-state index is 11.9. The fourth-order valence-electron chi connectivity index (χ4n) is 2.71. The van der Waals surface area contributed by atoms with Crippen molar-refractivity contribution in [3.8, 4) is 0 Å². The van der Waals surface area contributed by atoms with Gasteiger partial charge in [-0.1, -0.05) is 32.1 Å². The van der Waals surface area contributed by atoms with E-state index in [9.17, 15) is 9.59 Å². The van der Waals surface area contributed by atoms with Gasteiger partial charge in [-0.3, -0.25) is 4.79 Å². The summed E-state index contributed by atoms with van der Waals surface area (Å²) in [6.45, 7) is 7.05. The van der Waals surface area contributed by atoms with Crippen molar-refractivity contribution in [3.63, 3.8) is 0 Å². The standard InChI is InChI=1S/C15H28N2O3/c1-14(2,3)20-13(19)17-15(4,12(16)18)10-11-8-6-5-7-9-11/h11H,5-10H2,1-4H3,(H2,16,18)(H,17,19). The molecule has 1 rings (SSSR count). The molecule has 1 aliphatic rings. The number of alkyl carbamates (subject to hydrolysis) is 1. The first-order valence-corrected chi connectivity index (χ1v) is 7.43. The van der Waals surface area contributed by atoms with E-state index in [1.54, 1.807) is 27.7 Å². The molecule has 0 aromatic rings. The lowest BCUT2D eigenvalue weighted by Gasteiger charge is -2.33. The average molecular weight is 284 g/mol. The maximum Gasteiger partial charge on any atom is 0.408 e. The van der Waals surface area contributed by atoms with Gasteiger partial charge in [0.2, 0.25) is 5.91 Å². The summed E-state index contributed by atoms with van der Waals surface area (Å²) in [5, 5.41) is 2.66. The van der Waals surface area contributed by atoms with Crippen LogP contribution in [-0.4, -0.2) is 23.1 Å². The quantitative estimate of drug-likeness (QED) is 0.832. The van der Waals surface area contributed by atoms with Crippen LogP contribution in [0.15, 0.2) is 0 Å². The Morgan fingerprint density at radius 2 is 1.70 bits per heavy atom. The number of primary amides is 1. The minimum atomic E-state index is -1.04. The zero-order valence-corrected chi connectivity index (χ0v) is 13.1. The van der Waals surface area contributed by atoms with Gasteiger partial charge in [-0.2, -0.15) is 0 Å². The molecule has 0 saturated heterocycles. The molecular formula is C15H28N2O3. The molecule has 116 valence electrons. The van der Waals surface area contributed by atoms with Crippen LogP contribution < -0.4 is 11.1 Å². The third kappa shape index (κ3) is 5.39. The number of carbonyl (C=O) groups excluding carboxylic acids is 2. The van der Waals surface area contributed by atoms with E-state index in [4.69, 9.17) is 10.5 Å². The molecule has 0 aromatic heterocycles. The molecule has 5 heteroatoms. The predicted molar refractivity (Wildman–Crippen MR) is 78.2 cm³/mol. The highest BCUT2D eigenvalue weighted by atomic mass is 16.6. The van der Waals surface area contributed by atoms with Crippen molar-refractivity contribution in [2.45, 2.75) is 77.4 Å². The number of nitrogens with one attached hydrogen (secondary N) is 1. The van der Waals surface area contributed by atoms with Gasteiger partial charge in [0.05, 0.1) is 0 Å². The summed E-state index contributed by atoms with van der Waals surface area (Å²) in [6.07, 6.45) is 5.81. The first-order valence-electron chi connectivity index (χ1n) is 7.43. The Hall–Kier alpha value is -1.26. The van der Waals surface area contributed by atoms with Gasteiger partial charge >= 0.3 is 6.09 Å². The summed E-state index contributed by atoms with van der Waals surface area (Å²) in [6, 6.07) is 0. The van der Waals surface area contributed by atoms with E-state index < -0.39 is 23.1 Å². The molecule has 20 heavy (non-hydrogen) atoms. The van der Waals surface area contributed by atoms with Gasteiger partial charge in [0.25, 0.3) is 0 Å². The Kier molecular flexibility index (Phi) is 5.42. The molecule has 1 fully saturated rings. The molecule has 0 spiro atoms. The topological polar surface area (TPSA) is 81.4 Å². The van der Waals surface area contributed by atoms with Crippen molar-refractivity contribution in [2.24, 2.45) is 11.7 Å². The van der Waals surface area contributed by atoms with Crippen LogP contribution in [-0.2, 0) is 9.53 Å². The fourth-order valence-corrected chi connectivity index (χ4v) is 2.71. The van der Waals surface area contributed by atoms with Gasteiger partial charge in [-0.05, 0) is 40.0 Å². The highest BCUT2D eigenvalue weighted by molar-refractivity contribution is 5.88. The summed E-state index contributed by atoms with van der Waals surface area (Å²) < 4.78 is 5.21. The first kappa shape index (κ1) is 16.8. The van der Waals surface area contributed by atoms with Crippen LogP contribution in [0.5, 0.6) is 0 Å². The van der Waals surface area contributed by atoms with Gasteiger partial charge in [0.1, 0.15) is 11.1 Å². The molecule has 5 nitrogen and oxygen atoms in total. The Morgan fingerprint density at radius 3 is 2.15 bits per heavy atom. The summed E-state index contributed by atoms with van der Waals surface area (Å²) in [5.41, 5.74) is 3.86. The summed E-state index contributed by atoms with van der Waals surface area (Å²) >= 11 is 0. The lowest BCUT2D eigenvalue weighted by Crippen LogP contribution is -2.57. The molecule has 1 unspecified atom stereocenters. The zero-order valence-electron chi connectivity index (χ0n) is 13.1. The smallest absolute Gasteiger partial charge is 0.408 e. The van der Waals surface area contributed by atoms with Crippen molar-refractivity contribution < 1.29 is 14.3 Å². The molecule has 0 radical (unpaired) electrons. The number of rotatable bonds is 4. The SMILES string of the molecule is CC(C)(C)OC(=O)NC(C)(CC1CCCCC1)C(N)=O. The second-order valence-electron chi connectivity index (χ2n) is 7.03. The van der Waals surface area contributed by atoms with Gasteiger partial charge in [0, 0.05) is 0 Å².